The van der Waals surface area contributed by atoms with Gasteiger partial charge in [-0.25, -0.2) is 14.3 Å². The smallest absolute Gasteiger partial charge is 0.411 e. The second kappa shape index (κ2) is 10.6. The molecular weight excluding hydrogens is 567 g/mol. The molecular formula is C24H24F7N7O3. The Morgan fingerprint density at radius 3 is 2.49 bits per heavy atom. The summed E-state index contributed by atoms with van der Waals surface area (Å²) in [4.78, 5) is 12.3. The van der Waals surface area contributed by atoms with Gasteiger partial charge in [-0.3, -0.25) is 10.00 Å². The van der Waals surface area contributed by atoms with Crippen molar-refractivity contribution >= 4 is 11.3 Å². The second-order valence-corrected chi connectivity index (χ2v) is 9.88. The average molecular weight is 591 g/mol. The van der Waals surface area contributed by atoms with Gasteiger partial charge in [0.2, 0.25) is 0 Å². The number of hydrogen-bond acceptors (Lipinski definition) is 7. The van der Waals surface area contributed by atoms with Crippen molar-refractivity contribution in [3.63, 3.8) is 0 Å². The Morgan fingerprint density at radius 1 is 1.15 bits per heavy atom. The van der Waals surface area contributed by atoms with Crippen LogP contribution in [0.1, 0.15) is 55.8 Å². The van der Waals surface area contributed by atoms with Crippen molar-refractivity contribution in [2.75, 3.05) is 6.61 Å². The molecule has 0 amide bonds. The number of aromatic nitrogens is 6. The van der Waals surface area contributed by atoms with Crippen molar-refractivity contribution in [1.29, 1.82) is 0 Å². The van der Waals surface area contributed by atoms with E-state index in [0.29, 0.717) is 10.7 Å². The van der Waals surface area contributed by atoms with Crippen molar-refractivity contribution in [3.8, 4) is 5.75 Å². The molecule has 1 unspecified atom stereocenters. The van der Waals surface area contributed by atoms with E-state index < -0.39 is 67.1 Å². The average Bonchev–Trinajstić information content (AvgIpc) is 3.48. The number of rotatable bonds is 8. The topological polar surface area (TPSA) is 123 Å². The normalized spacial score (nSPS) is 22.2. The third-order valence-electron chi connectivity index (χ3n) is 7.22. The minimum absolute atomic E-state index is 0.0148. The Bertz CT molecular complexity index is 1490. The first-order valence-electron chi connectivity index (χ1n) is 12.6. The second-order valence-electron chi connectivity index (χ2n) is 9.88. The summed E-state index contributed by atoms with van der Waals surface area (Å²) in [5.41, 5.74) is -5.63. The summed E-state index contributed by atoms with van der Waals surface area (Å²) in [6, 6.07) is 3.91. The van der Waals surface area contributed by atoms with Crippen molar-refractivity contribution in [2.45, 2.75) is 68.7 Å². The Kier molecular flexibility index (Phi) is 7.44. The van der Waals surface area contributed by atoms with Gasteiger partial charge in [-0.2, -0.15) is 36.1 Å². The van der Waals surface area contributed by atoms with Crippen LogP contribution in [0.25, 0.3) is 11.3 Å². The minimum Gasteiger partial charge on any atom is -0.493 e. The van der Waals surface area contributed by atoms with Crippen molar-refractivity contribution < 1.29 is 40.6 Å². The van der Waals surface area contributed by atoms with E-state index in [4.69, 9.17) is 4.74 Å². The van der Waals surface area contributed by atoms with Crippen molar-refractivity contribution in [1.82, 2.24) is 35.3 Å². The number of alkyl halides is 6. The lowest BCUT2D eigenvalue weighted by atomic mass is 9.78. The molecule has 0 spiro atoms. The van der Waals surface area contributed by atoms with Crippen LogP contribution in [0, 0.1) is 5.82 Å². The lowest BCUT2D eigenvalue weighted by Gasteiger charge is -2.43. The molecule has 1 aromatic carbocycles. The number of ether oxygens (including phenoxy) is 1. The Hall–Kier alpha value is -3.73. The first-order valence-corrected chi connectivity index (χ1v) is 12.6. The third-order valence-corrected chi connectivity index (χ3v) is 7.22. The van der Waals surface area contributed by atoms with E-state index in [9.17, 15) is 36.2 Å². The number of nitrogens with one attached hydrogen (secondary N) is 2. The van der Waals surface area contributed by atoms with Crippen molar-refractivity contribution in [3.05, 3.63) is 58.0 Å². The highest BCUT2D eigenvalue weighted by molar-refractivity contribution is 5.85. The maximum absolute atomic E-state index is 15.4. The van der Waals surface area contributed by atoms with E-state index in [1.807, 2.05) is 10.4 Å². The number of tetrazole rings is 1. The molecule has 0 bridgehead atoms. The van der Waals surface area contributed by atoms with E-state index >= 15 is 4.39 Å². The van der Waals surface area contributed by atoms with E-state index in [2.05, 4.69) is 15.5 Å². The Labute approximate surface area is 226 Å². The molecule has 222 valence electrons. The van der Waals surface area contributed by atoms with Gasteiger partial charge in [-0.05, 0) is 48.2 Å². The molecule has 1 aliphatic carbocycles. The minimum atomic E-state index is -5.20. The fraction of sp³-hybridized carbons (Fsp3) is 0.500. The summed E-state index contributed by atoms with van der Waals surface area (Å²) < 4.78 is 104. The molecule has 3 aromatic rings. The van der Waals surface area contributed by atoms with Gasteiger partial charge < -0.3 is 9.84 Å². The molecule has 41 heavy (non-hydrogen) atoms. The molecule has 2 aliphatic rings. The van der Waals surface area contributed by atoms with Gasteiger partial charge in [0.05, 0.1) is 24.0 Å². The molecule has 2 aromatic heterocycles. The third kappa shape index (κ3) is 5.59. The highest BCUT2D eigenvalue weighted by Crippen LogP contribution is 2.50. The Morgan fingerprint density at radius 2 is 1.90 bits per heavy atom. The predicted molar refractivity (Wildman–Crippen MR) is 128 cm³/mol. The summed E-state index contributed by atoms with van der Waals surface area (Å²) in [5.74, 6) is -1.65. The fourth-order valence-corrected chi connectivity index (χ4v) is 4.95. The molecule has 1 aliphatic heterocycles. The summed E-state index contributed by atoms with van der Waals surface area (Å²) in [6.07, 6.45) is -10.2. The van der Waals surface area contributed by atoms with Crippen LogP contribution in [0.3, 0.4) is 0 Å². The van der Waals surface area contributed by atoms with Gasteiger partial charge in [0.25, 0.3) is 0 Å². The number of aromatic amines is 1. The maximum Gasteiger partial charge on any atom is 0.411 e. The van der Waals surface area contributed by atoms with Crippen LogP contribution in [0.15, 0.2) is 35.3 Å². The molecule has 5 rings (SSSR count). The van der Waals surface area contributed by atoms with E-state index in [-0.39, 0.29) is 28.8 Å². The largest absolute Gasteiger partial charge is 0.493 e. The van der Waals surface area contributed by atoms with E-state index in [1.54, 1.807) is 10.9 Å². The van der Waals surface area contributed by atoms with Crippen molar-refractivity contribution in [2.24, 2.45) is 0 Å². The van der Waals surface area contributed by atoms with Crippen LogP contribution in [0.5, 0.6) is 5.75 Å². The van der Waals surface area contributed by atoms with Crippen LogP contribution in [0.2, 0.25) is 0 Å². The van der Waals surface area contributed by atoms with Gasteiger partial charge >= 0.3 is 18.0 Å². The first kappa shape index (κ1) is 28.8. The molecule has 10 nitrogen and oxygen atoms in total. The molecule has 1 saturated carbocycles. The lowest BCUT2D eigenvalue weighted by Crippen LogP contribution is -2.61. The zero-order chi connectivity index (χ0) is 29.6. The summed E-state index contributed by atoms with van der Waals surface area (Å²) >= 11 is 0. The number of aliphatic hydroxyl groups is 1. The fourth-order valence-electron chi connectivity index (χ4n) is 4.95. The lowest BCUT2D eigenvalue weighted by molar-refractivity contribution is -0.208. The van der Waals surface area contributed by atoms with Crippen LogP contribution in [-0.4, -0.2) is 60.3 Å². The summed E-state index contributed by atoms with van der Waals surface area (Å²) in [7, 11) is 0. The van der Waals surface area contributed by atoms with Crippen LogP contribution < -0.4 is 15.7 Å². The number of benzene rings is 1. The first-order chi connectivity index (χ1) is 19.3. The Balaban J connectivity index is 1.55. The van der Waals surface area contributed by atoms with E-state index in [1.165, 1.54) is 6.07 Å². The predicted octanol–water partition coefficient (Wildman–Crippen LogP) is 3.89. The standard InChI is InChI=1S/C24H24F7N7O3/c25-17-11-14(41-10-2-8-23(26,27)28)5-6-16(17)22(24(29,30)31)12-15(18-7-9-37(34-18)13-3-1-4-13)19(20(39)32-22)38-21(40)33-35-36-38/h5-7,9,11,13,20,32,39H,1-4,8,10,12H2,(H,33,36,40)/t20?,22-/m0/s1. The highest BCUT2D eigenvalue weighted by atomic mass is 19.4. The zero-order valence-electron chi connectivity index (χ0n) is 21.1. The molecule has 2 atom stereocenters. The molecule has 0 saturated heterocycles. The number of nitrogens with zero attached hydrogens (tertiary/aromatic N) is 5. The number of aliphatic hydroxyl groups excluding tert-OH is 1. The summed E-state index contributed by atoms with van der Waals surface area (Å²) in [6.45, 7) is -0.438. The van der Waals surface area contributed by atoms with Gasteiger partial charge in [0, 0.05) is 36.2 Å². The SMILES string of the molecule is O=c1[nH]nnn1C1=C(c2ccn(C3CCC3)n2)C[C@](c2ccc(OCCCC(F)(F)F)cc2F)(C(F)(F)F)NC1O. The zero-order valence-corrected chi connectivity index (χ0v) is 21.1. The monoisotopic (exact) mass is 591 g/mol. The van der Waals surface area contributed by atoms with Gasteiger partial charge in [0.15, 0.2) is 0 Å². The summed E-state index contributed by atoms with van der Waals surface area (Å²) in [5, 5.41) is 26.3. The van der Waals surface area contributed by atoms with Gasteiger partial charge in [-0.1, -0.05) is 6.07 Å². The van der Waals surface area contributed by atoms with Crippen LogP contribution in [0.4, 0.5) is 30.7 Å². The van der Waals surface area contributed by atoms with E-state index in [0.717, 1.165) is 31.4 Å². The number of halogens is 7. The highest BCUT2D eigenvalue weighted by Gasteiger charge is 2.61. The van der Waals surface area contributed by atoms with Crippen LogP contribution in [-0.2, 0) is 5.54 Å². The number of hydrogen-bond donors (Lipinski definition) is 3. The molecule has 3 N–H and O–H groups in total. The molecule has 1 fully saturated rings. The van der Waals surface area contributed by atoms with Crippen LogP contribution >= 0.6 is 0 Å². The van der Waals surface area contributed by atoms with Gasteiger partial charge in [-0.15, -0.1) is 0 Å². The molecule has 17 heteroatoms. The molecule has 3 heterocycles. The van der Waals surface area contributed by atoms with Gasteiger partial charge in [0.1, 0.15) is 23.3 Å². The quantitative estimate of drug-likeness (QED) is 0.269. The number of H-pyrrole nitrogens is 1. The molecule has 0 radical (unpaired) electrons. The maximum atomic E-state index is 15.4.